The van der Waals surface area contributed by atoms with E-state index in [1.165, 1.54) is 6.33 Å². The highest BCUT2D eigenvalue weighted by atomic mass is 16.6. The highest BCUT2D eigenvalue weighted by Gasteiger charge is 2.46. The highest BCUT2D eigenvalue weighted by Crippen LogP contribution is 2.47. The zero-order valence-corrected chi connectivity index (χ0v) is 11.4. The van der Waals surface area contributed by atoms with Crippen LogP contribution in [0.2, 0.25) is 0 Å². The molecule has 104 valence electrons. The molecule has 7 heteroatoms. The first-order chi connectivity index (χ1) is 8.95. The van der Waals surface area contributed by atoms with E-state index in [0.29, 0.717) is 12.4 Å². The average Bonchev–Trinajstić information content (AvgIpc) is 2.93. The molecule has 1 aliphatic carbocycles. The molecule has 1 saturated carbocycles. The summed E-state index contributed by atoms with van der Waals surface area (Å²) in [6.45, 7) is 6.87. The molecule has 0 spiro atoms. The summed E-state index contributed by atoms with van der Waals surface area (Å²) >= 11 is 0. The smallest absolute Gasteiger partial charge is 0.353 e. The van der Waals surface area contributed by atoms with Crippen LogP contribution in [0.4, 0.5) is 17.3 Å². The van der Waals surface area contributed by atoms with Gasteiger partial charge in [0.15, 0.2) is 0 Å². The molecule has 1 aromatic heterocycles. The summed E-state index contributed by atoms with van der Waals surface area (Å²) < 4.78 is 0. The predicted octanol–water partition coefficient (Wildman–Crippen LogP) is 2.42. The van der Waals surface area contributed by atoms with Gasteiger partial charge in [-0.05, 0) is 18.3 Å². The van der Waals surface area contributed by atoms with Crippen molar-refractivity contribution in [1.29, 1.82) is 0 Å². The minimum Gasteiger partial charge on any atom is -0.364 e. The molecule has 1 aromatic rings. The van der Waals surface area contributed by atoms with Crippen LogP contribution < -0.4 is 10.6 Å². The Labute approximate surface area is 112 Å². The highest BCUT2D eigenvalue weighted by molar-refractivity contribution is 5.69. The lowest BCUT2D eigenvalue weighted by atomic mass is 10.2. The van der Waals surface area contributed by atoms with Crippen molar-refractivity contribution >= 4 is 17.3 Å². The Morgan fingerprint density at radius 3 is 2.63 bits per heavy atom. The molecule has 0 aliphatic heterocycles. The second-order valence-electron chi connectivity index (χ2n) is 5.49. The molecule has 1 unspecified atom stereocenters. The van der Waals surface area contributed by atoms with Crippen molar-refractivity contribution in [2.45, 2.75) is 39.7 Å². The zero-order chi connectivity index (χ0) is 14.0. The second kappa shape index (κ2) is 4.99. The van der Waals surface area contributed by atoms with Crippen LogP contribution in [0.25, 0.3) is 0 Å². The Morgan fingerprint density at radius 1 is 1.47 bits per heavy atom. The molecular formula is C12H19N5O2. The lowest BCUT2D eigenvalue weighted by Crippen LogP contribution is -2.14. The first-order valence-corrected chi connectivity index (χ1v) is 6.45. The Balaban J connectivity index is 2.24. The van der Waals surface area contributed by atoms with Gasteiger partial charge in [0.2, 0.25) is 11.6 Å². The van der Waals surface area contributed by atoms with Crippen molar-refractivity contribution in [3.05, 3.63) is 16.4 Å². The third-order valence-electron chi connectivity index (χ3n) is 3.37. The van der Waals surface area contributed by atoms with Crippen molar-refractivity contribution in [3.63, 3.8) is 0 Å². The molecule has 1 atom stereocenters. The van der Waals surface area contributed by atoms with Crippen LogP contribution in [-0.2, 0) is 0 Å². The molecule has 0 amide bonds. The van der Waals surface area contributed by atoms with Crippen molar-refractivity contribution < 1.29 is 4.92 Å². The van der Waals surface area contributed by atoms with E-state index in [0.717, 1.165) is 12.8 Å². The minimum absolute atomic E-state index is 0.0707. The van der Waals surface area contributed by atoms with E-state index in [1.807, 2.05) is 6.92 Å². The number of anilines is 2. The van der Waals surface area contributed by atoms with E-state index < -0.39 is 4.92 Å². The number of nitrogens with zero attached hydrogens (tertiary/aromatic N) is 3. The fourth-order valence-electron chi connectivity index (χ4n) is 1.91. The van der Waals surface area contributed by atoms with Crippen molar-refractivity contribution in [1.82, 2.24) is 9.97 Å². The monoisotopic (exact) mass is 265 g/mol. The van der Waals surface area contributed by atoms with Gasteiger partial charge in [-0.15, -0.1) is 0 Å². The number of nitro groups is 1. The van der Waals surface area contributed by atoms with E-state index in [9.17, 15) is 10.1 Å². The van der Waals surface area contributed by atoms with Gasteiger partial charge < -0.3 is 10.6 Å². The van der Waals surface area contributed by atoms with E-state index in [4.69, 9.17) is 0 Å². The predicted molar refractivity (Wildman–Crippen MR) is 73.3 cm³/mol. The topological polar surface area (TPSA) is 93.0 Å². The summed E-state index contributed by atoms with van der Waals surface area (Å²) in [6.07, 6.45) is 3.22. The van der Waals surface area contributed by atoms with Crippen LogP contribution in [0.5, 0.6) is 0 Å². The van der Waals surface area contributed by atoms with Gasteiger partial charge in [0.05, 0.1) is 4.92 Å². The lowest BCUT2D eigenvalue weighted by molar-refractivity contribution is -0.383. The Kier molecular flexibility index (Phi) is 3.55. The van der Waals surface area contributed by atoms with Crippen LogP contribution in [0.1, 0.15) is 33.6 Å². The molecule has 0 radical (unpaired) electrons. The summed E-state index contributed by atoms with van der Waals surface area (Å²) in [5.74, 6) is 0.581. The maximum atomic E-state index is 11.2. The largest absolute Gasteiger partial charge is 0.364 e. The third kappa shape index (κ3) is 2.91. The summed E-state index contributed by atoms with van der Waals surface area (Å²) in [7, 11) is 0. The van der Waals surface area contributed by atoms with E-state index in [1.54, 1.807) is 0 Å². The third-order valence-corrected chi connectivity index (χ3v) is 3.37. The number of nitrogens with one attached hydrogen (secondary N) is 2. The average molecular weight is 265 g/mol. The van der Waals surface area contributed by atoms with Gasteiger partial charge >= 0.3 is 5.69 Å². The normalized spacial score (nSPS) is 19.8. The van der Waals surface area contributed by atoms with Gasteiger partial charge in [-0.3, -0.25) is 10.1 Å². The molecule has 2 rings (SSSR count). The fourth-order valence-corrected chi connectivity index (χ4v) is 1.91. The summed E-state index contributed by atoms with van der Waals surface area (Å²) in [4.78, 5) is 18.7. The maximum Gasteiger partial charge on any atom is 0.353 e. The molecule has 7 nitrogen and oxygen atoms in total. The van der Waals surface area contributed by atoms with Crippen LogP contribution in [0, 0.1) is 15.5 Å². The zero-order valence-electron chi connectivity index (χ0n) is 11.4. The molecule has 0 saturated heterocycles. The Bertz CT molecular complexity index is 489. The number of rotatable bonds is 6. The Hall–Kier alpha value is -1.92. The Morgan fingerprint density at radius 2 is 2.11 bits per heavy atom. The van der Waals surface area contributed by atoms with Gasteiger partial charge in [-0.25, -0.2) is 9.97 Å². The molecular weight excluding hydrogens is 246 g/mol. The molecule has 0 aromatic carbocycles. The van der Waals surface area contributed by atoms with E-state index in [-0.39, 0.29) is 23.0 Å². The number of hydrogen-bond donors (Lipinski definition) is 2. The maximum absolute atomic E-state index is 11.2. The summed E-state index contributed by atoms with van der Waals surface area (Å²) in [5.41, 5.74) is 0.106. The van der Waals surface area contributed by atoms with Crippen LogP contribution in [0.3, 0.4) is 0 Å². The number of aromatic nitrogens is 2. The van der Waals surface area contributed by atoms with E-state index >= 15 is 0 Å². The molecule has 2 N–H and O–H groups in total. The van der Waals surface area contributed by atoms with Crippen molar-refractivity contribution in [2.75, 3.05) is 17.2 Å². The van der Waals surface area contributed by atoms with Crippen LogP contribution in [-0.4, -0.2) is 27.5 Å². The van der Waals surface area contributed by atoms with Gasteiger partial charge in [0.25, 0.3) is 0 Å². The van der Waals surface area contributed by atoms with E-state index in [2.05, 4.69) is 34.4 Å². The first-order valence-electron chi connectivity index (χ1n) is 6.45. The SMILES string of the molecule is CCCNc1ncnc(NC2CC2(C)C)c1[N+](=O)[O-]. The summed E-state index contributed by atoms with van der Waals surface area (Å²) in [6, 6.07) is 0.236. The van der Waals surface area contributed by atoms with Gasteiger partial charge in [0, 0.05) is 12.6 Å². The molecule has 19 heavy (non-hydrogen) atoms. The lowest BCUT2D eigenvalue weighted by Gasteiger charge is -2.10. The minimum atomic E-state index is -0.435. The van der Waals surface area contributed by atoms with Crippen molar-refractivity contribution in [2.24, 2.45) is 5.41 Å². The standard InChI is InChI=1S/C12H19N5O2/c1-4-5-13-10-9(17(18)19)11(15-7-14-10)16-8-6-12(8,2)3/h7-8H,4-6H2,1-3H3,(H2,13,14,15,16). The second-order valence-corrected chi connectivity index (χ2v) is 5.49. The van der Waals surface area contributed by atoms with Crippen LogP contribution in [0.15, 0.2) is 6.33 Å². The quantitative estimate of drug-likeness (QED) is 0.606. The fraction of sp³-hybridized carbons (Fsp3) is 0.667. The van der Waals surface area contributed by atoms with Gasteiger partial charge in [-0.2, -0.15) is 0 Å². The molecule has 1 fully saturated rings. The van der Waals surface area contributed by atoms with Gasteiger partial charge in [0.1, 0.15) is 6.33 Å². The molecule has 1 aliphatic rings. The van der Waals surface area contributed by atoms with Gasteiger partial charge in [-0.1, -0.05) is 20.8 Å². The first kappa shape index (κ1) is 13.5. The van der Waals surface area contributed by atoms with Crippen LogP contribution >= 0.6 is 0 Å². The molecule has 0 bridgehead atoms. The molecule has 1 heterocycles. The summed E-state index contributed by atoms with van der Waals surface area (Å²) in [5, 5.41) is 17.3. The number of hydrogen-bond acceptors (Lipinski definition) is 6. The van der Waals surface area contributed by atoms with Crippen molar-refractivity contribution in [3.8, 4) is 0 Å².